The van der Waals surface area contributed by atoms with Gasteiger partial charge in [-0.05, 0) is 25.0 Å². The average Bonchev–Trinajstić information content (AvgIpc) is 2.45. The van der Waals surface area contributed by atoms with Crippen LogP contribution in [-0.2, 0) is 0 Å². The van der Waals surface area contributed by atoms with Crippen LogP contribution in [0, 0.1) is 0 Å². The van der Waals surface area contributed by atoms with Crippen LogP contribution >= 0.6 is 11.6 Å². The van der Waals surface area contributed by atoms with Gasteiger partial charge in [0, 0.05) is 25.0 Å². The molecule has 0 amide bonds. The van der Waals surface area contributed by atoms with Crippen molar-refractivity contribution in [1.29, 1.82) is 0 Å². The Bertz CT molecular complexity index is 293. The number of rotatable bonds is 1. The first kappa shape index (κ1) is 9.78. The molecule has 0 bridgehead atoms. The summed E-state index contributed by atoms with van der Waals surface area (Å²) in [6.07, 6.45) is 7.08. The predicted octanol–water partition coefficient (Wildman–Crippen LogP) is 3.12. The average molecular weight is 211 g/mol. The first-order valence-electron chi connectivity index (χ1n) is 5.23. The van der Waals surface area contributed by atoms with Crippen LogP contribution in [0.1, 0.15) is 25.7 Å². The fraction of sp³-hybridized carbons (Fsp3) is 0.545. The Balaban J connectivity index is 2.12. The van der Waals surface area contributed by atoms with Crippen molar-refractivity contribution in [2.45, 2.75) is 25.7 Å². The Morgan fingerprint density at radius 3 is 2.50 bits per heavy atom. The van der Waals surface area contributed by atoms with Crippen LogP contribution in [0.5, 0.6) is 0 Å². The number of aromatic nitrogens is 1. The Labute approximate surface area is 89.9 Å². The van der Waals surface area contributed by atoms with Gasteiger partial charge < -0.3 is 4.90 Å². The molecule has 2 heterocycles. The summed E-state index contributed by atoms with van der Waals surface area (Å²) < 4.78 is 0. The minimum Gasteiger partial charge on any atom is -0.371 e. The van der Waals surface area contributed by atoms with Gasteiger partial charge >= 0.3 is 0 Å². The van der Waals surface area contributed by atoms with Crippen molar-refractivity contribution in [3.63, 3.8) is 0 Å². The van der Waals surface area contributed by atoms with E-state index in [0.717, 1.165) is 13.1 Å². The minimum absolute atomic E-state index is 0.590. The Morgan fingerprint density at radius 2 is 1.86 bits per heavy atom. The molecule has 1 aromatic heterocycles. The first-order chi connectivity index (χ1) is 6.86. The van der Waals surface area contributed by atoms with Gasteiger partial charge in [0.15, 0.2) is 0 Å². The van der Waals surface area contributed by atoms with Gasteiger partial charge in [-0.3, -0.25) is 0 Å². The summed E-state index contributed by atoms with van der Waals surface area (Å²) in [5.74, 6) is 0. The Hall–Kier alpha value is -0.760. The zero-order chi connectivity index (χ0) is 9.80. The summed E-state index contributed by atoms with van der Waals surface area (Å²) in [6.45, 7) is 2.31. The second kappa shape index (κ2) is 4.65. The molecule has 1 aromatic rings. The lowest BCUT2D eigenvalue weighted by Gasteiger charge is -2.22. The molecule has 1 fully saturated rings. The molecule has 0 atom stereocenters. The monoisotopic (exact) mass is 210 g/mol. The van der Waals surface area contributed by atoms with Crippen molar-refractivity contribution in [3.05, 3.63) is 23.5 Å². The maximum absolute atomic E-state index is 5.87. The molecule has 0 N–H and O–H groups in total. The van der Waals surface area contributed by atoms with Gasteiger partial charge in [0.1, 0.15) is 5.15 Å². The lowest BCUT2D eigenvalue weighted by Crippen LogP contribution is -2.23. The lowest BCUT2D eigenvalue weighted by atomic mass is 10.2. The van der Waals surface area contributed by atoms with Crippen LogP contribution in [0.4, 0.5) is 5.69 Å². The number of halogens is 1. The number of anilines is 1. The number of pyridine rings is 1. The van der Waals surface area contributed by atoms with Crippen molar-refractivity contribution < 1.29 is 0 Å². The maximum atomic E-state index is 5.87. The van der Waals surface area contributed by atoms with Crippen molar-refractivity contribution >= 4 is 17.3 Å². The van der Waals surface area contributed by atoms with Gasteiger partial charge in [0.2, 0.25) is 0 Å². The molecular formula is C11H15ClN2. The molecule has 1 aliphatic rings. The molecule has 1 aliphatic heterocycles. The molecular weight excluding hydrogens is 196 g/mol. The highest BCUT2D eigenvalue weighted by Crippen LogP contribution is 2.20. The second-order valence-corrected chi connectivity index (χ2v) is 4.13. The summed E-state index contributed by atoms with van der Waals surface area (Å²) in [6, 6.07) is 3.99. The standard InChI is InChI=1S/C11H15ClN2/c12-11-9-10(5-6-13-11)14-7-3-1-2-4-8-14/h5-6,9H,1-4,7-8H2. The van der Waals surface area contributed by atoms with E-state index in [4.69, 9.17) is 11.6 Å². The largest absolute Gasteiger partial charge is 0.371 e. The quantitative estimate of drug-likeness (QED) is 0.663. The van der Waals surface area contributed by atoms with Gasteiger partial charge in [-0.2, -0.15) is 0 Å². The predicted molar refractivity (Wildman–Crippen MR) is 59.9 cm³/mol. The van der Waals surface area contributed by atoms with E-state index in [1.54, 1.807) is 6.20 Å². The zero-order valence-electron chi connectivity index (χ0n) is 8.25. The molecule has 2 nitrogen and oxygen atoms in total. The maximum Gasteiger partial charge on any atom is 0.131 e. The normalized spacial score (nSPS) is 17.9. The minimum atomic E-state index is 0.590. The molecule has 0 unspecified atom stereocenters. The van der Waals surface area contributed by atoms with Crippen LogP contribution in [-0.4, -0.2) is 18.1 Å². The van der Waals surface area contributed by atoms with Crippen LogP contribution in [0.3, 0.4) is 0 Å². The molecule has 3 heteroatoms. The number of hydrogen-bond donors (Lipinski definition) is 0. The van der Waals surface area contributed by atoms with E-state index < -0.39 is 0 Å². The fourth-order valence-corrected chi connectivity index (χ4v) is 2.09. The van der Waals surface area contributed by atoms with Gasteiger partial charge in [-0.1, -0.05) is 24.4 Å². The van der Waals surface area contributed by atoms with Gasteiger partial charge in [0.25, 0.3) is 0 Å². The summed E-state index contributed by atoms with van der Waals surface area (Å²) in [5.41, 5.74) is 1.21. The molecule has 76 valence electrons. The molecule has 0 spiro atoms. The summed E-state index contributed by atoms with van der Waals surface area (Å²) >= 11 is 5.87. The highest BCUT2D eigenvalue weighted by Gasteiger charge is 2.09. The van der Waals surface area contributed by atoms with Crippen molar-refractivity contribution in [2.75, 3.05) is 18.0 Å². The van der Waals surface area contributed by atoms with E-state index in [-0.39, 0.29) is 0 Å². The Morgan fingerprint density at radius 1 is 1.14 bits per heavy atom. The van der Waals surface area contributed by atoms with Crippen LogP contribution < -0.4 is 4.90 Å². The first-order valence-corrected chi connectivity index (χ1v) is 5.60. The van der Waals surface area contributed by atoms with Crippen LogP contribution in [0.25, 0.3) is 0 Å². The van der Waals surface area contributed by atoms with Gasteiger partial charge in [0.05, 0.1) is 0 Å². The summed E-state index contributed by atoms with van der Waals surface area (Å²) in [5, 5.41) is 0.590. The van der Waals surface area contributed by atoms with E-state index in [2.05, 4.69) is 9.88 Å². The highest BCUT2D eigenvalue weighted by molar-refractivity contribution is 6.29. The third-order valence-electron chi connectivity index (χ3n) is 2.68. The topological polar surface area (TPSA) is 16.1 Å². The lowest BCUT2D eigenvalue weighted by molar-refractivity contribution is 0.726. The van der Waals surface area contributed by atoms with Gasteiger partial charge in [-0.25, -0.2) is 4.98 Å². The molecule has 14 heavy (non-hydrogen) atoms. The van der Waals surface area contributed by atoms with E-state index in [1.165, 1.54) is 31.4 Å². The number of nitrogens with zero attached hydrogens (tertiary/aromatic N) is 2. The highest BCUT2D eigenvalue weighted by atomic mass is 35.5. The number of hydrogen-bond acceptors (Lipinski definition) is 2. The van der Waals surface area contributed by atoms with Gasteiger partial charge in [-0.15, -0.1) is 0 Å². The van der Waals surface area contributed by atoms with Crippen molar-refractivity contribution in [3.8, 4) is 0 Å². The molecule has 0 radical (unpaired) electrons. The van der Waals surface area contributed by atoms with Crippen molar-refractivity contribution in [1.82, 2.24) is 4.98 Å². The van der Waals surface area contributed by atoms with Crippen molar-refractivity contribution in [2.24, 2.45) is 0 Å². The van der Waals surface area contributed by atoms with E-state index >= 15 is 0 Å². The SMILES string of the molecule is Clc1cc(N2CCCCCC2)ccn1. The van der Waals surface area contributed by atoms with Crippen LogP contribution in [0.15, 0.2) is 18.3 Å². The molecule has 2 rings (SSSR count). The fourth-order valence-electron chi connectivity index (χ4n) is 1.92. The second-order valence-electron chi connectivity index (χ2n) is 3.74. The zero-order valence-corrected chi connectivity index (χ0v) is 9.00. The third kappa shape index (κ3) is 2.38. The smallest absolute Gasteiger partial charge is 0.131 e. The molecule has 1 saturated heterocycles. The summed E-state index contributed by atoms with van der Waals surface area (Å²) in [7, 11) is 0. The van der Waals surface area contributed by atoms with E-state index in [1.807, 2.05) is 12.1 Å². The Kier molecular flexibility index (Phi) is 3.25. The molecule has 0 aliphatic carbocycles. The van der Waals surface area contributed by atoms with Crippen LogP contribution in [0.2, 0.25) is 5.15 Å². The van der Waals surface area contributed by atoms with E-state index in [9.17, 15) is 0 Å². The van der Waals surface area contributed by atoms with E-state index in [0.29, 0.717) is 5.15 Å². The molecule has 0 aromatic carbocycles. The summed E-state index contributed by atoms with van der Waals surface area (Å²) in [4.78, 5) is 6.40. The third-order valence-corrected chi connectivity index (χ3v) is 2.89. The molecule has 0 saturated carbocycles.